The number of piperidine rings is 1. The highest BCUT2D eigenvalue weighted by Crippen LogP contribution is 2.18. The van der Waals surface area contributed by atoms with Crippen LogP contribution < -0.4 is 11.1 Å². The summed E-state index contributed by atoms with van der Waals surface area (Å²) < 4.78 is 0. The molecule has 4 nitrogen and oxygen atoms in total. The van der Waals surface area contributed by atoms with Crippen molar-refractivity contribution in [2.45, 2.75) is 13.3 Å². The first-order valence-electron chi connectivity index (χ1n) is 3.67. The fraction of sp³-hybridized carbons (Fsp3) is 0.714. The average Bonchev–Trinajstić information content (AvgIpc) is 1.94. The van der Waals surface area contributed by atoms with Crippen molar-refractivity contribution in [2.75, 3.05) is 6.54 Å². The van der Waals surface area contributed by atoms with E-state index in [9.17, 15) is 9.59 Å². The van der Waals surface area contributed by atoms with Gasteiger partial charge in [-0.3, -0.25) is 9.59 Å². The van der Waals surface area contributed by atoms with Crippen molar-refractivity contribution in [1.29, 1.82) is 0 Å². The van der Waals surface area contributed by atoms with Gasteiger partial charge >= 0.3 is 0 Å². The second kappa shape index (κ2) is 2.90. The van der Waals surface area contributed by atoms with E-state index in [0.717, 1.165) is 0 Å². The third-order valence-electron chi connectivity index (χ3n) is 2.08. The number of carbonyl (C=O) groups excluding carboxylic acids is 2. The number of hydrogen-bond donors (Lipinski definition) is 2. The third-order valence-corrected chi connectivity index (χ3v) is 2.08. The molecule has 0 aromatic heterocycles. The Bertz CT molecular complexity index is 191. The largest absolute Gasteiger partial charge is 0.369 e. The summed E-state index contributed by atoms with van der Waals surface area (Å²) in [6.07, 6.45) is 0.247. The van der Waals surface area contributed by atoms with Gasteiger partial charge in [-0.2, -0.15) is 0 Å². The fourth-order valence-electron chi connectivity index (χ4n) is 1.27. The molecule has 2 unspecified atom stereocenters. The molecule has 1 rings (SSSR count). The van der Waals surface area contributed by atoms with E-state index >= 15 is 0 Å². The lowest BCUT2D eigenvalue weighted by molar-refractivity contribution is -0.132. The Labute approximate surface area is 65.1 Å². The summed E-state index contributed by atoms with van der Waals surface area (Å²) in [4.78, 5) is 21.6. The molecule has 62 valence electrons. The van der Waals surface area contributed by atoms with Crippen LogP contribution in [0.4, 0.5) is 0 Å². The molecule has 3 N–H and O–H groups in total. The van der Waals surface area contributed by atoms with Crippen molar-refractivity contribution in [1.82, 2.24) is 5.32 Å². The average molecular weight is 156 g/mol. The Kier molecular flexibility index (Phi) is 2.12. The highest BCUT2D eigenvalue weighted by Gasteiger charge is 2.29. The molecule has 0 saturated carbocycles. The molecule has 2 atom stereocenters. The van der Waals surface area contributed by atoms with Gasteiger partial charge in [-0.25, -0.2) is 0 Å². The second-order valence-electron chi connectivity index (χ2n) is 2.99. The van der Waals surface area contributed by atoms with Crippen LogP contribution in [-0.2, 0) is 9.59 Å². The molecule has 1 fully saturated rings. The summed E-state index contributed by atoms with van der Waals surface area (Å²) in [5.41, 5.74) is 5.10. The van der Waals surface area contributed by atoms with Gasteiger partial charge in [-0.15, -0.1) is 0 Å². The molecular formula is C7H12N2O2. The molecule has 0 bridgehead atoms. The van der Waals surface area contributed by atoms with E-state index in [1.807, 2.05) is 6.92 Å². The summed E-state index contributed by atoms with van der Waals surface area (Å²) in [6.45, 7) is 2.47. The predicted octanol–water partition coefficient (Wildman–Crippen LogP) is -0.756. The zero-order chi connectivity index (χ0) is 8.43. The molecule has 0 aromatic carbocycles. The first-order valence-corrected chi connectivity index (χ1v) is 3.67. The Hall–Kier alpha value is -1.06. The highest BCUT2D eigenvalue weighted by atomic mass is 16.2. The van der Waals surface area contributed by atoms with Crippen LogP contribution in [0.3, 0.4) is 0 Å². The third kappa shape index (κ3) is 1.69. The maximum absolute atomic E-state index is 10.8. The molecule has 2 amide bonds. The molecular weight excluding hydrogens is 144 g/mol. The Balaban J connectivity index is 2.61. The number of nitrogens with two attached hydrogens (primary N) is 1. The predicted molar refractivity (Wildman–Crippen MR) is 39.5 cm³/mol. The number of primary amides is 1. The lowest BCUT2D eigenvalue weighted by atomic mass is 9.87. The van der Waals surface area contributed by atoms with Crippen LogP contribution >= 0.6 is 0 Å². The monoisotopic (exact) mass is 156 g/mol. The van der Waals surface area contributed by atoms with E-state index in [0.29, 0.717) is 6.54 Å². The summed E-state index contributed by atoms with van der Waals surface area (Å²) in [7, 11) is 0. The Morgan fingerprint density at radius 2 is 2.36 bits per heavy atom. The number of amides is 2. The molecule has 0 spiro atoms. The molecule has 11 heavy (non-hydrogen) atoms. The highest BCUT2D eigenvalue weighted by molar-refractivity contribution is 5.86. The van der Waals surface area contributed by atoms with E-state index in [2.05, 4.69) is 5.32 Å². The van der Waals surface area contributed by atoms with Crippen LogP contribution in [0.2, 0.25) is 0 Å². The van der Waals surface area contributed by atoms with Crippen LogP contribution in [0, 0.1) is 11.8 Å². The van der Waals surface area contributed by atoms with Gasteiger partial charge in [0, 0.05) is 13.0 Å². The quantitative estimate of drug-likeness (QED) is 0.524. The van der Waals surface area contributed by atoms with Crippen LogP contribution in [-0.4, -0.2) is 18.4 Å². The van der Waals surface area contributed by atoms with E-state index in [1.165, 1.54) is 0 Å². The Morgan fingerprint density at radius 1 is 1.73 bits per heavy atom. The standard InChI is InChI=1S/C7H12N2O2/c1-4-3-9-6(10)2-5(4)7(8)11/h4-5H,2-3H2,1H3,(H2,8,11)(H,9,10). The van der Waals surface area contributed by atoms with Crippen LogP contribution in [0.1, 0.15) is 13.3 Å². The maximum atomic E-state index is 10.8. The maximum Gasteiger partial charge on any atom is 0.221 e. The van der Waals surface area contributed by atoms with Crippen LogP contribution in [0.5, 0.6) is 0 Å². The number of rotatable bonds is 1. The minimum atomic E-state index is -0.368. The first kappa shape index (κ1) is 8.04. The summed E-state index contributed by atoms with van der Waals surface area (Å²) in [5, 5.41) is 2.67. The number of nitrogens with one attached hydrogen (secondary N) is 1. The zero-order valence-electron chi connectivity index (χ0n) is 6.46. The molecule has 1 saturated heterocycles. The smallest absolute Gasteiger partial charge is 0.221 e. The fourth-order valence-corrected chi connectivity index (χ4v) is 1.27. The molecule has 1 aliphatic heterocycles. The second-order valence-corrected chi connectivity index (χ2v) is 2.99. The van der Waals surface area contributed by atoms with Crippen molar-refractivity contribution in [3.05, 3.63) is 0 Å². The molecule has 1 heterocycles. The summed E-state index contributed by atoms with van der Waals surface area (Å²) in [6, 6.07) is 0. The van der Waals surface area contributed by atoms with Crippen molar-refractivity contribution in [3.8, 4) is 0 Å². The Morgan fingerprint density at radius 3 is 2.82 bits per heavy atom. The van der Waals surface area contributed by atoms with Crippen molar-refractivity contribution in [3.63, 3.8) is 0 Å². The zero-order valence-corrected chi connectivity index (χ0v) is 6.46. The SMILES string of the molecule is CC1CNC(=O)CC1C(N)=O. The van der Waals surface area contributed by atoms with Gasteiger partial charge in [-0.1, -0.05) is 6.92 Å². The lowest BCUT2D eigenvalue weighted by Gasteiger charge is -2.25. The first-order chi connectivity index (χ1) is 5.11. The van der Waals surface area contributed by atoms with Crippen molar-refractivity contribution < 1.29 is 9.59 Å². The van der Waals surface area contributed by atoms with Crippen molar-refractivity contribution in [2.24, 2.45) is 17.6 Å². The van der Waals surface area contributed by atoms with E-state index in [1.54, 1.807) is 0 Å². The number of carbonyl (C=O) groups is 2. The van der Waals surface area contributed by atoms with E-state index in [-0.39, 0.29) is 30.1 Å². The van der Waals surface area contributed by atoms with Gasteiger partial charge in [0.05, 0.1) is 5.92 Å². The van der Waals surface area contributed by atoms with Gasteiger partial charge in [0.25, 0.3) is 0 Å². The van der Waals surface area contributed by atoms with Gasteiger partial charge in [0.1, 0.15) is 0 Å². The normalized spacial score (nSPS) is 31.2. The van der Waals surface area contributed by atoms with Gasteiger partial charge in [-0.05, 0) is 5.92 Å². The summed E-state index contributed by atoms with van der Waals surface area (Å²) in [5.74, 6) is -0.548. The van der Waals surface area contributed by atoms with Gasteiger partial charge in [0.15, 0.2) is 0 Å². The minimum absolute atomic E-state index is 0.0769. The lowest BCUT2D eigenvalue weighted by Crippen LogP contribution is -2.44. The molecule has 4 heteroatoms. The molecule has 0 aromatic rings. The molecule has 0 radical (unpaired) electrons. The van der Waals surface area contributed by atoms with E-state index < -0.39 is 0 Å². The minimum Gasteiger partial charge on any atom is -0.369 e. The molecule has 0 aliphatic carbocycles. The van der Waals surface area contributed by atoms with Crippen molar-refractivity contribution >= 4 is 11.8 Å². The van der Waals surface area contributed by atoms with Crippen LogP contribution in [0.15, 0.2) is 0 Å². The topological polar surface area (TPSA) is 72.2 Å². The van der Waals surface area contributed by atoms with Crippen LogP contribution in [0.25, 0.3) is 0 Å². The number of hydrogen-bond acceptors (Lipinski definition) is 2. The van der Waals surface area contributed by atoms with Gasteiger partial charge < -0.3 is 11.1 Å². The van der Waals surface area contributed by atoms with E-state index in [4.69, 9.17) is 5.73 Å². The van der Waals surface area contributed by atoms with Gasteiger partial charge in [0.2, 0.25) is 11.8 Å². The molecule has 1 aliphatic rings. The summed E-state index contributed by atoms with van der Waals surface area (Å²) >= 11 is 0.